The van der Waals surface area contributed by atoms with Crippen molar-refractivity contribution in [3.8, 4) is 11.5 Å². The molecule has 1 unspecified atom stereocenters. The second-order valence-corrected chi connectivity index (χ2v) is 7.84. The number of benzene rings is 2. The molecular weight excluding hydrogens is 418 g/mol. The molecule has 31 heavy (non-hydrogen) atoms. The van der Waals surface area contributed by atoms with Crippen LogP contribution in [0, 0.1) is 0 Å². The van der Waals surface area contributed by atoms with E-state index in [1.807, 2.05) is 35.2 Å². The average molecular weight is 437 g/mol. The SMILES string of the molecule is O=C1C=C(c2ccccc2)N2C(SCC(=O)Nc3ccc4c(c3)OCCO4)=NNC2N1. The summed E-state index contributed by atoms with van der Waals surface area (Å²) in [6.45, 7) is 1.00. The van der Waals surface area contributed by atoms with Crippen LogP contribution in [0.4, 0.5) is 5.69 Å². The normalized spacial score (nSPS) is 18.9. The maximum Gasteiger partial charge on any atom is 0.249 e. The third-order valence-corrected chi connectivity index (χ3v) is 5.73. The predicted molar refractivity (Wildman–Crippen MR) is 117 cm³/mol. The van der Waals surface area contributed by atoms with Gasteiger partial charge in [-0.25, -0.2) is 0 Å². The van der Waals surface area contributed by atoms with Gasteiger partial charge in [-0.2, -0.15) is 5.10 Å². The number of thioether (sulfide) groups is 1. The Labute approximate surface area is 182 Å². The lowest BCUT2D eigenvalue weighted by Gasteiger charge is -2.32. The van der Waals surface area contributed by atoms with E-state index in [1.165, 1.54) is 17.8 Å². The van der Waals surface area contributed by atoms with E-state index >= 15 is 0 Å². The molecule has 3 aliphatic heterocycles. The zero-order valence-electron chi connectivity index (χ0n) is 16.3. The van der Waals surface area contributed by atoms with Crippen LogP contribution in [-0.2, 0) is 9.59 Å². The molecule has 158 valence electrons. The number of nitrogens with one attached hydrogen (secondary N) is 3. The number of anilines is 1. The average Bonchev–Trinajstić information content (AvgIpc) is 3.20. The first kappa shape index (κ1) is 19.3. The van der Waals surface area contributed by atoms with Gasteiger partial charge in [0.05, 0.1) is 11.4 Å². The van der Waals surface area contributed by atoms with Crippen LogP contribution in [0.3, 0.4) is 0 Å². The molecule has 9 nitrogen and oxygen atoms in total. The maximum atomic E-state index is 12.5. The van der Waals surface area contributed by atoms with Gasteiger partial charge in [-0.15, -0.1) is 0 Å². The molecule has 10 heteroatoms. The minimum Gasteiger partial charge on any atom is -0.486 e. The van der Waals surface area contributed by atoms with Crippen molar-refractivity contribution in [2.75, 3.05) is 24.3 Å². The highest BCUT2D eigenvalue weighted by Gasteiger charge is 2.36. The molecule has 0 aliphatic carbocycles. The van der Waals surface area contributed by atoms with Crippen LogP contribution in [0.15, 0.2) is 59.7 Å². The van der Waals surface area contributed by atoms with Crippen molar-refractivity contribution in [3.05, 3.63) is 60.2 Å². The van der Waals surface area contributed by atoms with Crippen LogP contribution in [0.5, 0.6) is 11.5 Å². The van der Waals surface area contributed by atoms with E-state index in [4.69, 9.17) is 9.47 Å². The molecule has 2 aromatic rings. The first-order valence-electron chi connectivity index (χ1n) is 9.70. The van der Waals surface area contributed by atoms with E-state index in [-0.39, 0.29) is 17.6 Å². The highest BCUT2D eigenvalue weighted by atomic mass is 32.2. The molecule has 0 radical (unpaired) electrons. The molecule has 1 atom stereocenters. The highest BCUT2D eigenvalue weighted by Crippen LogP contribution is 2.33. The van der Waals surface area contributed by atoms with Crippen molar-refractivity contribution in [2.24, 2.45) is 5.10 Å². The van der Waals surface area contributed by atoms with Crippen molar-refractivity contribution in [3.63, 3.8) is 0 Å². The number of amides is 2. The van der Waals surface area contributed by atoms with E-state index in [9.17, 15) is 9.59 Å². The Balaban J connectivity index is 1.25. The summed E-state index contributed by atoms with van der Waals surface area (Å²) in [4.78, 5) is 26.5. The minimum atomic E-state index is -0.490. The Morgan fingerprint density at radius 2 is 1.97 bits per heavy atom. The molecule has 3 N–H and O–H groups in total. The first-order chi connectivity index (χ1) is 15.2. The van der Waals surface area contributed by atoms with Gasteiger partial charge in [-0.05, 0) is 17.7 Å². The van der Waals surface area contributed by atoms with Gasteiger partial charge < -0.3 is 20.1 Å². The van der Waals surface area contributed by atoms with Crippen LogP contribution >= 0.6 is 11.8 Å². The Kier molecular flexibility index (Phi) is 5.13. The maximum absolute atomic E-state index is 12.5. The van der Waals surface area contributed by atoms with Gasteiger partial charge in [0.1, 0.15) is 13.2 Å². The molecule has 3 aliphatic rings. The molecule has 2 aromatic carbocycles. The number of carbonyl (C=O) groups is 2. The van der Waals surface area contributed by atoms with Gasteiger partial charge >= 0.3 is 0 Å². The summed E-state index contributed by atoms with van der Waals surface area (Å²) in [6, 6.07) is 14.9. The lowest BCUT2D eigenvalue weighted by Crippen LogP contribution is -2.53. The fourth-order valence-electron chi connectivity index (χ4n) is 3.43. The first-order valence-corrected chi connectivity index (χ1v) is 10.7. The lowest BCUT2D eigenvalue weighted by atomic mass is 10.1. The van der Waals surface area contributed by atoms with Crippen LogP contribution in [0.25, 0.3) is 5.70 Å². The van der Waals surface area contributed by atoms with Gasteiger partial charge in [0, 0.05) is 17.8 Å². The Morgan fingerprint density at radius 1 is 1.16 bits per heavy atom. The monoisotopic (exact) mass is 437 g/mol. The Bertz CT molecular complexity index is 1090. The molecular formula is C21H19N5O4S. The van der Waals surface area contributed by atoms with Gasteiger partial charge in [0.15, 0.2) is 23.0 Å². The van der Waals surface area contributed by atoms with Crippen LogP contribution in [0.1, 0.15) is 5.56 Å². The number of fused-ring (bicyclic) bond motifs is 2. The van der Waals surface area contributed by atoms with Crippen LogP contribution in [0.2, 0.25) is 0 Å². The molecule has 2 amide bonds. The number of hydrogen-bond acceptors (Lipinski definition) is 8. The Morgan fingerprint density at radius 3 is 2.81 bits per heavy atom. The quantitative estimate of drug-likeness (QED) is 0.670. The van der Waals surface area contributed by atoms with E-state index in [0.717, 1.165) is 11.3 Å². The number of ether oxygens (including phenoxy) is 2. The number of rotatable bonds is 4. The van der Waals surface area contributed by atoms with Crippen molar-refractivity contribution in [2.45, 2.75) is 6.29 Å². The zero-order chi connectivity index (χ0) is 21.2. The van der Waals surface area contributed by atoms with E-state index in [0.29, 0.717) is 35.6 Å². The van der Waals surface area contributed by atoms with Crippen LogP contribution in [-0.4, -0.2) is 47.1 Å². The zero-order valence-corrected chi connectivity index (χ0v) is 17.1. The summed E-state index contributed by atoms with van der Waals surface area (Å²) in [5, 5.41) is 10.6. The van der Waals surface area contributed by atoms with Gasteiger partial charge in [0.2, 0.25) is 11.8 Å². The van der Waals surface area contributed by atoms with Gasteiger partial charge in [-0.3, -0.25) is 19.9 Å². The molecule has 5 rings (SSSR count). The standard InChI is InChI=1S/C21H19N5O4S/c27-18-11-15(13-4-2-1-3-5-13)26-20(23-18)24-25-21(26)31-12-19(28)22-14-6-7-16-17(10-14)30-9-8-29-16/h1-7,10-11,20,24H,8-9,12H2,(H,22,28)(H,23,27). The topological polar surface area (TPSA) is 104 Å². The minimum absolute atomic E-state index is 0.147. The largest absolute Gasteiger partial charge is 0.486 e. The number of hydrazone groups is 1. The molecule has 0 saturated carbocycles. The summed E-state index contributed by atoms with van der Waals surface area (Å²) in [6.07, 6.45) is 1.04. The van der Waals surface area contributed by atoms with E-state index in [2.05, 4.69) is 21.2 Å². The fourth-order valence-corrected chi connectivity index (χ4v) is 4.22. The molecule has 0 saturated heterocycles. The second-order valence-electron chi connectivity index (χ2n) is 6.90. The number of nitrogens with zero attached hydrogens (tertiary/aromatic N) is 2. The molecule has 0 fully saturated rings. The number of amidine groups is 1. The van der Waals surface area contributed by atoms with Crippen molar-refractivity contribution in [1.82, 2.24) is 15.6 Å². The third-order valence-electron chi connectivity index (χ3n) is 4.78. The highest BCUT2D eigenvalue weighted by molar-refractivity contribution is 8.14. The summed E-state index contributed by atoms with van der Waals surface area (Å²) in [5.41, 5.74) is 5.15. The van der Waals surface area contributed by atoms with Gasteiger partial charge in [0.25, 0.3) is 0 Å². The summed E-state index contributed by atoms with van der Waals surface area (Å²) >= 11 is 1.28. The van der Waals surface area contributed by atoms with Crippen LogP contribution < -0.4 is 25.5 Å². The van der Waals surface area contributed by atoms with Gasteiger partial charge in [-0.1, -0.05) is 42.1 Å². The second kappa shape index (κ2) is 8.23. The third kappa shape index (κ3) is 4.02. The van der Waals surface area contributed by atoms with Crippen molar-refractivity contribution < 1.29 is 19.1 Å². The summed E-state index contributed by atoms with van der Waals surface area (Å²) < 4.78 is 11.0. The molecule has 0 spiro atoms. The van der Waals surface area contributed by atoms with Crippen molar-refractivity contribution >= 4 is 40.1 Å². The fraction of sp³-hybridized carbons (Fsp3) is 0.190. The summed E-state index contributed by atoms with van der Waals surface area (Å²) in [7, 11) is 0. The molecule has 0 aromatic heterocycles. The molecule has 0 bridgehead atoms. The lowest BCUT2D eigenvalue weighted by molar-refractivity contribution is -0.118. The number of hydrogen-bond donors (Lipinski definition) is 3. The summed E-state index contributed by atoms with van der Waals surface area (Å²) in [5.74, 6) is 1.05. The predicted octanol–water partition coefficient (Wildman–Crippen LogP) is 1.76. The Hall–Kier alpha value is -3.66. The van der Waals surface area contributed by atoms with Crippen molar-refractivity contribution in [1.29, 1.82) is 0 Å². The smallest absolute Gasteiger partial charge is 0.249 e. The molecule has 3 heterocycles. The van der Waals surface area contributed by atoms with E-state index < -0.39 is 6.29 Å². The number of carbonyl (C=O) groups excluding carboxylic acids is 2. The van der Waals surface area contributed by atoms with E-state index in [1.54, 1.807) is 18.2 Å².